The van der Waals surface area contributed by atoms with E-state index in [2.05, 4.69) is 76.5 Å². The number of benzene rings is 2. The van der Waals surface area contributed by atoms with E-state index in [0.29, 0.717) is 37.6 Å². The van der Waals surface area contributed by atoms with Crippen LogP contribution in [0, 0.1) is 6.92 Å². The van der Waals surface area contributed by atoms with Gasteiger partial charge >= 0.3 is 0 Å². The van der Waals surface area contributed by atoms with E-state index in [0.717, 1.165) is 27.8 Å². The van der Waals surface area contributed by atoms with Crippen LogP contribution in [0.25, 0.3) is 10.9 Å². The van der Waals surface area contributed by atoms with E-state index in [4.69, 9.17) is 9.15 Å². The van der Waals surface area contributed by atoms with Gasteiger partial charge in [-0.1, -0.05) is 56.7 Å². The predicted octanol–water partition coefficient (Wildman–Crippen LogP) is 5.15. The number of aromatic amines is 1. The number of hydrogen-bond donors (Lipinski definition) is 1. The SMILES string of the molecule is COCCn1nnnc1C(c1cc2cc(C)ccc2[nH]c1=O)N(Cc1ccc(C(C)(C)C)cc1)Cc1ccco1. The van der Waals surface area contributed by atoms with Crippen molar-refractivity contribution >= 4 is 10.9 Å². The van der Waals surface area contributed by atoms with Crippen LogP contribution in [0.2, 0.25) is 0 Å². The molecule has 0 aliphatic heterocycles. The molecule has 9 nitrogen and oxygen atoms in total. The molecule has 5 rings (SSSR count). The molecule has 208 valence electrons. The van der Waals surface area contributed by atoms with Crippen LogP contribution in [0.3, 0.4) is 0 Å². The van der Waals surface area contributed by atoms with Gasteiger partial charge in [0.1, 0.15) is 11.8 Å². The van der Waals surface area contributed by atoms with Crippen molar-refractivity contribution in [3.63, 3.8) is 0 Å². The van der Waals surface area contributed by atoms with Crippen LogP contribution < -0.4 is 5.56 Å². The highest BCUT2D eigenvalue weighted by Crippen LogP contribution is 2.31. The van der Waals surface area contributed by atoms with Crippen molar-refractivity contribution in [2.24, 2.45) is 0 Å². The summed E-state index contributed by atoms with van der Waals surface area (Å²) in [4.78, 5) is 19.0. The standard InChI is InChI=1S/C31H36N6O3/c1-21-8-13-27-23(17-21)18-26(30(38)32-27)28(29-33-34-35-37(29)14-16-39-5)36(20-25-7-6-15-40-25)19-22-9-11-24(12-10-22)31(2,3)4/h6-13,15,17-18,28H,14,16,19-20H2,1-5H3,(H,32,38). The average Bonchev–Trinajstić information content (AvgIpc) is 3.60. The molecule has 0 aliphatic rings. The van der Waals surface area contributed by atoms with Gasteiger partial charge in [0, 0.05) is 24.7 Å². The second kappa shape index (κ2) is 11.6. The second-order valence-corrected chi connectivity index (χ2v) is 11.2. The van der Waals surface area contributed by atoms with Crippen molar-refractivity contribution < 1.29 is 9.15 Å². The Balaban J connectivity index is 1.65. The Labute approximate surface area is 233 Å². The number of ether oxygens (including phenoxy) is 1. The van der Waals surface area contributed by atoms with Gasteiger partial charge in [0.25, 0.3) is 5.56 Å². The van der Waals surface area contributed by atoms with Crippen molar-refractivity contribution in [1.82, 2.24) is 30.1 Å². The Morgan fingerprint density at radius 1 is 1.07 bits per heavy atom. The Hall–Kier alpha value is -4.08. The quantitative estimate of drug-likeness (QED) is 0.261. The van der Waals surface area contributed by atoms with E-state index in [-0.39, 0.29) is 11.0 Å². The fourth-order valence-corrected chi connectivity index (χ4v) is 4.98. The molecule has 40 heavy (non-hydrogen) atoms. The molecular weight excluding hydrogens is 504 g/mol. The number of aryl methyl sites for hydroxylation is 1. The lowest BCUT2D eigenvalue weighted by atomic mass is 9.86. The van der Waals surface area contributed by atoms with Gasteiger partial charge in [-0.15, -0.1) is 5.10 Å². The maximum Gasteiger partial charge on any atom is 0.253 e. The molecule has 0 bridgehead atoms. The first-order valence-corrected chi connectivity index (χ1v) is 13.5. The summed E-state index contributed by atoms with van der Waals surface area (Å²) in [6.45, 7) is 10.5. The van der Waals surface area contributed by atoms with Gasteiger partial charge < -0.3 is 14.1 Å². The van der Waals surface area contributed by atoms with Crippen molar-refractivity contribution in [3.05, 3.63) is 111 Å². The van der Waals surface area contributed by atoms with E-state index in [1.54, 1.807) is 18.1 Å². The van der Waals surface area contributed by atoms with Gasteiger partial charge in [-0.3, -0.25) is 9.69 Å². The lowest BCUT2D eigenvalue weighted by Crippen LogP contribution is -2.35. The molecule has 0 saturated heterocycles. The number of pyridine rings is 1. The van der Waals surface area contributed by atoms with E-state index in [1.165, 1.54) is 5.56 Å². The van der Waals surface area contributed by atoms with Gasteiger partial charge in [0.05, 0.1) is 26.0 Å². The Kier molecular flexibility index (Phi) is 7.95. The lowest BCUT2D eigenvalue weighted by Gasteiger charge is -2.30. The number of methoxy groups -OCH3 is 1. The molecule has 5 aromatic rings. The maximum atomic E-state index is 13.7. The van der Waals surface area contributed by atoms with Crippen LogP contribution in [0.15, 0.2) is 76.1 Å². The third-order valence-corrected chi connectivity index (χ3v) is 7.14. The fourth-order valence-electron chi connectivity index (χ4n) is 4.98. The van der Waals surface area contributed by atoms with Gasteiger partial charge in [0.15, 0.2) is 5.82 Å². The number of H-pyrrole nitrogens is 1. The number of hydrogen-bond acceptors (Lipinski definition) is 7. The minimum atomic E-state index is -0.562. The topological polar surface area (TPSA) is 102 Å². The Morgan fingerprint density at radius 2 is 1.88 bits per heavy atom. The first-order valence-electron chi connectivity index (χ1n) is 13.5. The van der Waals surface area contributed by atoms with Crippen LogP contribution in [0.4, 0.5) is 0 Å². The molecular formula is C31H36N6O3. The fraction of sp³-hybridized carbons (Fsp3) is 0.355. The van der Waals surface area contributed by atoms with E-state index >= 15 is 0 Å². The van der Waals surface area contributed by atoms with Gasteiger partial charge in [-0.05, 0) is 69.6 Å². The van der Waals surface area contributed by atoms with Crippen molar-refractivity contribution in [2.45, 2.75) is 58.8 Å². The van der Waals surface area contributed by atoms with Crippen molar-refractivity contribution in [1.29, 1.82) is 0 Å². The Bertz CT molecular complexity index is 1610. The molecule has 2 aromatic carbocycles. The summed E-state index contributed by atoms with van der Waals surface area (Å²) in [6, 6.07) is 19.8. The van der Waals surface area contributed by atoms with Crippen molar-refractivity contribution in [2.75, 3.05) is 13.7 Å². The normalized spacial score (nSPS) is 12.8. The van der Waals surface area contributed by atoms with Gasteiger partial charge in [-0.2, -0.15) is 0 Å². The smallest absolute Gasteiger partial charge is 0.253 e. The molecule has 0 radical (unpaired) electrons. The number of nitrogens with zero attached hydrogens (tertiary/aromatic N) is 5. The molecule has 9 heteroatoms. The van der Waals surface area contributed by atoms with Crippen LogP contribution in [0.5, 0.6) is 0 Å². The Morgan fingerprint density at radius 3 is 2.58 bits per heavy atom. The van der Waals surface area contributed by atoms with E-state index in [9.17, 15) is 4.79 Å². The number of fused-ring (bicyclic) bond motifs is 1. The highest BCUT2D eigenvalue weighted by atomic mass is 16.5. The van der Waals surface area contributed by atoms with Crippen LogP contribution in [-0.2, 0) is 29.8 Å². The largest absolute Gasteiger partial charge is 0.468 e. The monoisotopic (exact) mass is 540 g/mol. The molecule has 0 spiro atoms. The molecule has 0 aliphatic carbocycles. The molecule has 1 atom stereocenters. The molecule has 3 heterocycles. The first kappa shape index (κ1) is 27.5. The summed E-state index contributed by atoms with van der Waals surface area (Å²) in [5, 5.41) is 13.6. The average molecular weight is 541 g/mol. The highest BCUT2D eigenvalue weighted by Gasteiger charge is 2.31. The number of rotatable bonds is 10. The summed E-state index contributed by atoms with van der Waals surface area (Å²) in [5.74, 6) is 1.34. The summed E-state index contributed by atoms with van der Waals surface area (Å²) in [6.07, 6.45) is 1.66. The number of nitrogens with one attached hydrogen (secondary N) is 1. The summed E-state index contributed by atoms with van der Waals surface area (Å²) < 4.78 is 12.8. The molecule has 1 N–H and O–H groups in total. The number of tetrazole rings is 1. The van der Waals surface area contributed by atoms with Crippen molar-refractivity contribution in [3.8, 4) is 0 Å². The van der Waals surface area contributed by atoms with Crippen LogP contribution >= 0.6 is 0 Å². The second-order valence-electron chi connectivity index (χ2n) is 11.2. The molecule has 0 amide bonds. The van der Waals surface area contributed by atoms with Crippen LogP contribution in [0.1, 0.15) is 60.7 Å². The van der Waals surface area contributed by atoms with Gasteiger partial charge in [0.2, 0.25) is 0 Å². The maximum absolute atomic E-state index is 13.7. The zero-order chi connectivity index (χ0) is 28.3. The summed E-state index contributed by atoms with van der Waals surface area (Å²) in [7, 11) is 1.64. The molecule has 3 aromatic heterocycles. The predicted molar refractivity (Wildman–Crippen MR) is 154 cm³/mol. The van der Waals surface area contributed by atoms with E-state index in [1.807, 2.05) is 37.3 Å². The van der Waals surface area contributed by atoms with Crippen LogP contribution in [-0.4, -0.2) is 43.8 Å². The summed E-state index contributed by atoms with van der Waals surface area (Å²) in [5.41, 5.74) is 4.68. The third-order valence-electron chi connectivity index (χ3n) is 7.14. The highest BCUT2D eigenvalue weighted by molar-refractivity contribution is 5.79. The third kappa shape index (κ3) is 6.05. The zero-order valence-corrected chi connectivity index (χ0v) is 23.7. The van der Waals surface area contributed by atoms with E-state index < -0.39 is 6.04 Å². The molecule has 0 saturated carbocycles. The molecule has 1 unspecified atom stereocenters. The lowest BCUT2D eigenvalue weighted by molar-refractivity contribution is 0.163. The van der Waals surface area contributed by atoms with Gasteiger partial charge in [-0.25, -0.2) is 4.68 Å². The number of furan rings is 1. The zero-order valence-electron chi connectivity index (χ0n) is 23.7. The summed E-state index contributed by atoms with van der Waals surface area (Å²) >= 11 is 0. The minimum Gasteiger partial charge on any atom is -0.468 e. The molecule has 0 fully saturated rings. The number of aromatic nitrogens is 5. The minimum absolute atomic E-state index is 0.0505. The first-order chi connectivity index (χ1) is 19.2.